The molecule has 2 bridgehead atoms. The van der Waals surface area contributed by atoms with Crippen LogP contribution in [-0.4, -0.2) is 182 Å². The van der Waals surface area contributed by atoms with Gasteiger partial charge in [-0.15, -0.1) is 0 Å². The maximum Gasteiger partial charge on any atom is 0.472 e. The average Bonchev–Trinajstić information content (AvgIpc) is 4.21. The lowest BCUT2D eigenvalue weighted by Gasteiger charge is -2.30. The number of hydrogen-bond donors (Lipinski definition) is 9. The van der Waals surface area contributed by atoms with Gasteiger partial charge in [-0.25, -0.2) is 37.7 Å². The number of anilines is 3. The third-order valence-electron chi connectivity index (χ3n) is 12.6. The van der Waals surface area contributed by atoms with Gasteiger partial charge in [0.15, 0.2) is 41.4 Å². The molecule has 0 saturated carbocycles. The molecule has 16 atom stereocenters. The minimum Gasteiger partial charge on any atom is -0.387 e. The summed E-state index contributed by atoms with van der Waals surface area (Å²) in [6.07, 6.45) is -10.8. The summed E-state index contributed by atoms with van der Waals surface area (Å²) in [6, 6.07) is 0. The highest BCUT2D eigenvalue weighted by Crippen LogP contribution is 2.69. The monoisotopic (exact) mass is 1150 g/mol. The Morgan fingerprint density at radius 3 is 2.17 bits per heavy atom. The van der Waals surface area contributed by atoms with Gasteiger partial charge < -0.3 is 70.1 Å². The molecule has 12 N–H and O–H groups in total. The molecule has 4 saturated heterocycles. The van der Waals surface area contributed by atoms with E-state index in [-0.39, 0.29) is 57.8 Å². The van der Waals surface area contributed by atoms with Crippen molar-refractivity contribution in [2.75, 3.05) is 70.7 Å². The van der Waals surface area contributed by atoms with Crippen molar-refractivity contribution in [3.05, 3.63) is 46.0 Å². The quantitative estimate of drug-likeness (QED) is 0.0309. The number of imidazole rings is 3. The molecule has 6 aromatic heterocycles. The molecule has 10 heterocycles. The highest BCUT2D eigenvalue weighted by molar-refractivity contribution is 7.72. The molecule has 0 aromatic carbocycles. The van der Waals surface area contributed by atoms with Crippen LogP contribution in [0.3, 0.4) is 0 Å². The fourth-order valence-electron chi connectivity index (χ4n) is 9.31. The van der Waals surface area contributed by atoms with Crippen LogP contribution in [0.25, 0.3) is 33.5 Å². The highest BCUT2D eigenvalue weighted by atomic mass is 31.3. The summed E-state index contributed by atoms with van der Waals surface area (Å²) in [5.41, 5.74) is 14.8. The maximum atomic E-state index is 14.0. The summed E-state index contributed by atoms with van der Waals surface area (Å²) < 4.78 is 123. The molecule has 36 nitrogen and oxygen atoms in total. The van der Waals surface area contributed by atoms with Crippen LogP contribution >= 0.6 is 30.6 Å². The fraction of sp³-hybridized carbons (Fsp3) is 0.583. The van der Waals surface area contributed by atoms with E-state index in [0.717, 1.165) is 37.2 Å². The number of ether oxygens (including phenoxy) is 5. The number of nitrogen functional groups attached to an aromatic ring is 3. The van der Waals surface area contributed by atoms with Crippen molar-refractivity contribution < 1.29 is 93.4 Å². The number of phosphoric acid groups is 1. The summed E-state index contributed by atoms with van der Waals surface area (Å²) in [5, 5.41) is 33.1. The summed E-state index contributed by atoms with van der Waals surface area (Å²) in [7, 11) is -16.3. The minimum absolute atomic E-state index is 0.00768. The standard InChI is InChI=1S/C36H49N15O21P4/c1-48-13-51(28-18(48)30(56)47-35(39)45-28)33-23-24(54)36(69-33,8-63-23)9-66-74(4,58)72-75(5,59)71-73(3,57)64-7-15-21(22(62-2)32(68-15)49-11-42-16-25(37)40-10-41-26(16)49)70-76(60,61)65-6-14-19(52)20(53)31(67-14)50-12-43-17-27(50)44-34(38)46-29(17)55/h10-15,19-24,31-33,52-54H,6-9H2,1-5H3,(H8-,37,38,39,40,41,44,45,46,47,55,56,60,61)/p+1/t14-,15-,19?,20+,21?,22+,23?,24?,31-,32-,33-,36-,73?,74?,75?/m1/s1. The van der Waals surface area contributed by atoms with E-state index in [1.54, 1.807) is 7.05 Å². The van der Waals surface area contributed by atoms with Crippen LogP contribution < -0.4 is 32.9 Å². The smallest absolute Gasteiger partial charge is 0.387 e. The second-order valence-electron chi connectivity index (χ2n) is 18.1. The van der Waals surface area contributed by atoms with E-state index < -0.39 is 135 Å². The first-order valence-corrected chi connectivity index (χ1v) is 29.8. The summed E-state index contributed by atoms with van der Waals surface area (Å²) in [5.74, 6) is -0.467. The van der Waals surface area contributed by atoms with Gasteiger partial charge in [-0.2, -0.15) is 4.98 Å². The van der Waals surface area contributed by atoms with Gasteiger partial charge >= 0.3 is 36.3 Å². The Labute approximate surface area is 424 Å². The number of aryl methyl sites for hydroxylation is 1. The van der Waals surface area contributed by atoms with Crippen molar-refractivity contribution in [3.8, 4) is 0 Å². The van der Waals surface area contributed by atoms with E-state index >= 15 is 0 Å². The Balaban J connectivity index is 0.810. The van der Waals surface area contributed by atoms with Gasteiger partial charge in [-0.05, 0) is 0 Å². The lowest BCUT2D eigenvalue weighted by atomic mass is 10.0. The number of aromatic nitrogens is 12. The molecular formula is C36H50N15O21P4+. The molecule has 6 aromatic rings. The first kappa shape index (κ1) is 54.3. The van der Waals surface area contributed by atoms with Crippen molar-refractivity contribution in [2.45, 2.75) is 73.1 Å². The number of nitrogens with two attached hydrogens (primary N) is 3. The van der Waals surface area contributed by atoms with Crippen LogP contribution in [0, 0.1) is 0 Å². The zero-order chi connectivity index (χ0) is 54.6. The number of aromatic amines is 2. The summed E-state index contributed by atoms with van der Waals surface area (Å²) in [6.45, 7) is 0.0242. The first-order chi connectivity index (χ1) is 35.7. The molecule has 0 spiro atoms. The van der Waals surface area contributed by atoms with Gasteiger partial charge in [0.1, 0.15) is 66.3 Å². The molecule has 4 fully saturated rings. The van der Waals surface area contributed by atoms with Crippen LogP contribution in [0.5, 0.6) is 0 Å². The van der Waals surface area contributed by atoms with Gasteiger partial charge in [-0.1, -0.05) is 4.98 Å². The van der Waals surface area contributed by atoms with Crippen molar-refractivity contribution in [1.29, 1.82) is 0 Å². The number of aliphatic hydroxyl groups is 3. The molecule has 4 aliphatic rings. The van der Waals surface area contributed by atoms with Gasteiger partial charge in [0.2, 0.25) is 17.7 Å². The minimum atomic E-state index is -5.31. The molecule has 40 heteroatoms. The largest absolute Gasteiger partial charge is 0.472 e. The number of H-pyrrole nitrogens is 2. The zero-order valence-corrected chi connectivity index (χ0v) is 43.8. The average molecular weight is 1150 g/mol. The summed E-state index contributed by atoms with van der Waals surface area (Å²) in [4.78, 5) is 65.4. The van der Waals surface area contributed by atoms with Gasteiger partial charge in [-0.3, -0.25) is 56.0 Å². The number of nitrogens with zero attached hydrogens (tertiary/aromatic N) is 10. The number of phosphoric ester groups is 1. The van der Waals surface area contributed by atoms with E-state index in [4.69, 9.17) is 67.6 Å². The Morgan fingerprint density at radius 2 is 1.45 bits per heavy atom. The Bertz CT molecular complexity index is 3560. The number of nitrogens with one attached hydrogen (secondary N) is 2. The first-order valence-electron chi connectivity index (χ1n) is 22.4. The van der Waals surface area contributed by atoms with E-state index in [9.17, 15) is 48.1 Å². The van der Waals surface area contributed by atoms with Crippen LogP contribution in [0.2, 0.25) is 0 Å². The number of fused-ring (bicyclic) bond motifs is 5. The van der Waals surface area contributed by atoms with Crippen LogP contribution in [-0.2, 0) is 75.7 Å². The van der Waals surface area contributed by atoms with Crippen molar-refractivity contribution in [2.24, 2.45) is 7.05 Å². The molecule has 8 unspecified atom stereocenters. The third-order valence-corrected chi connectivity index (χ3v) is 19.6. The topological polar surface area (TPSA) is 491 Å². The molecule has 0 amide bonds. The van der Waals surface area contributed by atoms with Gasteiger partial charge in [0, 0.05) is 27.1 Å². The van der Waals surface area contributed by atoms with E-state index in [0.29, 0.717) is 0 Å². The predicted molar refractivity (Wildman–Crippen MR) is 253 cm³/mol. The molecule has 0 radical (unpaired) electrons. The number of rotatable bonds is 19. The van der Waals surface area contributed by atoms with Crippen LogP contribution in [0.15, 0.2) is 34.9 Å². The predicted octanol–water partition coefficient (Wildman–Crippen LogP) is -2.13. The molecule has 414 valence electrons. The Morgan fingerprint density at radius 1 is 0.803 bits per heavy atom. The van der Waals surface area contributed by atoms with E-state index in [2.05, 4.69) is 39.9 Å². The van der Waals surface area contributed by atoms with Crippen molar-refractivity contribution in [1.82, 2.24) is 53.6 Å². The van der Waals surface area contributed by atoms with Crippen LogP contribution in [0.1, 0.15) is 18.7 Å². The SMILES string of the molecule is CO[C@H]1C(OP(=O)(O)OC[C@H]2O[C@@H](n3cnc4c(=O)[nH]c(N)nc43)[C@@H](O)C2O)[C@@H](COP(C)(=O)OP(C)(=O)OP(C)(=O)OC[C@]23COC(C2O)[C@H]([n+]2cn(C)c4c(=O)[nH]c(N)nc42)O3)O[C@H]1n1cnc2c(N)ncnc21. The lowest BCUT2D eigenvalue weighted by Crippen LogP contribution is -2.50. The third kappa shape index (κ3) is 10.1. The number of methoxy groups -OCH3 is 1. The number of aliphatic hydroxyl groups excluding tert-OH is 3. The second kappa shape index (κ2) is 19.7. The highest BCUT2D eigenvalue weighted by Gasteiger charge is 2.64. The number of hydrogen-bond acceptors (Lipinski definition) is 29. The Hall–Kier alpha value is -5.03. The second-order valence-corrected chi connectivity index (χ2v) is 26.0. The molecule has 10 rings (SSSR count). The molecule has 0 aliphatic carbocycles. The van der Waals surface area contributed by atoms with Gasteiger partial charge in [0.25, 0.3) is 17.1 Å². The molecule has 76 heavy (non-hydrogen) atoms. The van der Waals surface area contributed by atoms with Crippen molar-refractivity contribution in [3.63, 3.8) is 0 Å². The van der Waals surface area contributed by atoms with Crippen molar-refractivity contribution >= 4 is 81.8 Å². The molecule has 4 aliphatic heterocycles. The molecular weight excluding hydrogens is 1100 g/mol. The van der Waals surface area contributed by atoms with Gasteiger partial charge in [0.05, 0.1) is 46.1 Å². The Kier molecular flexibility index (Phi) is 14.1. The fourth-order valence-corrected chi connectivity index (χ4v) is 16.2. The lowest BCUT2D eigenvalue weighted by molar-refractivity contribution is -0.752. The van der Waals surface area contributed by atoms with E-state index in [1.807, 2.05) is 0 Å². The van der Waals surface area contributed by atoms with E-state index in [1.165, 1.54) is 33.5 Å². The normalized spacial score (nSPS) is 31.8. The zero-order valence-electron chi connectivity index (χ0n) is 40.2. The summed E-state index contributed by atoms with van der Waals surface area (Å²) >= 11 is 0. The van der Waals surface area contributed by atoms with Crippen LogP contribution in [0.4, 0.5) is 17.7 Å². The maximum absolute atomic E-state index is 14.0.